The van der Waals surface area contributed by atoms with E-state index >= 15 is 8.78 Å². The van der Waals surface area contributed by atoms with Crippen LogP contribution in [0, 0.1) is 0 Å². The highest BCUT2D eigenvalue weighted by Crippen LogP contribution is 2.47. The number of hydrogen-bond acceptors (Lipinski definition) is 3. The predicted molar refractivity (Wildman–Crippen MR) is 189 cm³/mol. The Morgan fingerprint density at radius 2 is 1.19 bits per heavy atom. The van der Waals surface area contributed by atoms with Gasteiger partial charge in [-0.3, -0.25) is 4.57 Å². The smallest absolute Gasteiger partial charge is 0.298 e. The summed E-state index contributed by atoms with van der Waals surface area (Å²) in [6, 6.07) is 42.4. The molecule has 0 amide bonds. The quantitative estimate of drug-likeness (QED) is 0.191. The van der Waals surface area contributed by atoms with Gasteiger partial charge in [-0.1, -0.05) is 87.5 Å². The zero-order valence-electron chi connectivity index (χ0n) is 26.5. The highest BCUT2D eigenvalue weighted by Gasteiger charge is 2.37. The largest absolute Gasteiger partial charge is 0.321 e. The first-order chi connectivity index (χ1) is 22.7. The van der Waals surface area contributed by atoms with E-state index in [1.165, 1.54) is 0 Å². The fraction of sp³-hybridized carbons (Fsp3) is 0.146. The van der Waals surface area contributed by atoms with Crippen molar-refractivity contribution in [3.63, 3.8) is 0 Å². The van der Waals surface area contributed by atoms with E-state index < -0.39 is 5.92 Å². The van der Waals surface area contributed by atoms with Crippen LogP contribution in [0.3, 0.4) is 0 Å². The van der Waals surface area contributed by atoms with Crippen molar-refractivity contribution < 1.29 is 8.78 Å². The zero-order valence-corrected chi connectivity index (χ0v) is 26.5. The summed E-state index contributed by atoms with van der Waals surface area (Å²) in [4.78, 5) is 8.94. The Morgan fingerprint density at radius 3 is 1.91 bits per heavy atom. The second-order valence-corrected chi connectivity index (χ2v) is 13.2. The lowest BCUT2D eigenvalue weighted by Gasteiger charge is -2.28. The lowest BCUT2D eigenvalue weighted by molar-refractivity contribution is 0.0428. The van der Waals surface area contributed by atoms with Crippen molar-refractivity contribution in [2.24, 2.45) is 0 Å². The van der Waals surface area contributed by atoms with E-state index in [1.54, 1.807) is 30.5 Å². The summed E-state index contributed by atoms with van der Waals surface area (Å²) in [6.45, 7) is 6.72. The minimum atomic E-state index is -3.27. The Balaban J connectivity index is 1.28. The number of halogens is 2. The summed E-state index contributed by atoms with van der Waals surface area (Å²) < 4.78 is 36.0. The summed E-state index contributed by atoms with van der Waals surface area (Å²) >= 11 is 0. The molecule has 0 fully saturated rings. The van der Waals surface area contributed by atoms with Crippen LogP contribution in [0.4, 0.5) is 31.5 Å². The molecule has 3 heterocycles. The molecule has 8 rings (SSSR count). The van der Waals surface area contributed by atoms with Crippen molar-refractivity contribution in [2.45, 2.75) is 32.1 Å². The number of nitrogens with zero attached hydrogens (tertiary/aromatic N) is 4. The van der Waals surface area contributed by atoms with Gasteiger partial charge in [0.2, 0.25) is 0 Å². The molecule has 1 aliphatic heterocycles. The molecule has 0 N–H and O–H groups in total. The first-order valence-electron chi connectivity index (χ1n) is 15.9. The van der Waals surface area contributed by atoms with Gasteiger partial charge in [0.05, 0.1) is 22.4 Å². The molecule has 0 aliphatic carbocycles. The molecule has 5 aromatic carbocycles. The fourth-order valence-electron chi connectivity index (χ4n) is 6.71. The second kappa shape index (κ2) is 10.8. The highest BCUT2D eigenvalue weighted by molar-refractivity contribution is 6.09. The molecule has 0 bridgehead atoms. The molecule has 0 radical (unpaired) electrons. The molecule has 1 aliphatic rings. The molecular weight excluding hydrogens is 586 g/mol. The number of benzene rings is 5. The molecule has 0 unspecified atom stereocenters. The van der Waals surface area contributed by atoms with E-state index in [9.17, 15) is 0 Å². The topological polar surface area (TPSA) is 24.3 Å². The van der Waals surface area contributed by atoms with E-state index in [0.717, 1.165) is 44.6 Å². The summed E-state index contributed by atoms with van der Waals surface area (Å²) in [5.74, 6) is -2.58. The van der Waals surface area contributed by atoms with Crippen LogP contribution >= 0.6 is 0 Å². The number of para-hydroxylation sites is 4. The maximum Gasteiger partial charge on any atom is 0.298 e. The number of alkyl halides is 2. The van der Waals surface area contributed by atoms with Crippen LogP contribution in [-0.4, -0.2) is 16.2 Å². The normalized spacial score (nSPS) is 13.5. The Hall–Kier alpha value is -5.49. The number of fused-ring (bicyclic) bond motifs is 4. The monoisotopic (exact) mass is 620 g/mol. The summed E-state index contributed by atoms with van der Waals surface area (Å²) in [5, 5.41) is 1.90. The van der Waals surface area contributed by atoms with Crippen LogP contribution in [0.15, 0.2) is 140 Å². The maximum atomic E-state index is 17.0. The van der Waals surface area contributed by atoms with Gasteiger partial charge in [0.25, 0.3) is 5.92 Å². The van der Waals surface area contributed by atoms with Gasteiger partial charge in [0.1, 0.15) is 12.5 Å². The average Bonchev–Trinajstić information content (AvgIpc) is 3.65. The standard InChI is InChI=1S/C41H34F2N4/c1-40(2,3)29-23-30(25-32(24-29)46-27-45(31-13-5-4-6-14-31)36-17-9-10-18-37(36)46)41(42,43)28-20-21-34-33-15-7-8-16-35(33)47(38(34)26-28)39-19-11-12-22-44-39/h4-26H,27H2,1-3H3. The number of anilines is 4. The van der Waals surface area contributed by atoms with Crippen LogP contribution < -0.4 is 9.80 Å². The van der Waals surface area contributed by atoms with Crippen LogP contribution in [0.2, 0.25) is 0 Å². The van der Waals surface area contributed by atoms with E-state index in [-0.39, 0.29) is 16.5 Å². The van der Waals surface area contributed by atoms with Crippen LogP contribution in [0.1, 0.15) is 37.5 Å². The minimum Gasteiger partial charge on any atom is -0.321 e. The van der Waals surface area contributed by atoms with Crippen molar-refractivity contribution in [3.8, 4) is 5.82 Å². The van der Waals surface area contributed by atoms with Crippen molar-refractivity contribution in [3.05, 3.63) is 156 Å². The molecule has 2 aromatic heterocycles. The molecular formula is C41H34F2N4. The van der Waals surface area contributed by atoms with Gasteiger partial charge in [0.15, 0.2) is 0 Å². The highest BCUT2D eigenvalue weighted by atomic mass is 19.3. The van der Waals surface area contributed by atoms with E-state index in [4.69, 9.17) is 0 Å². The molecule has 4 nitrogen and oxygen atoms in total. The van der Waals surface area contributed by atoms with Crippen molar-refractivity contribution in [1.29, 1.82) is 0 Å². The molecule has 0 saturated carbocycles. The van der Waals surface area contributed by atoms with Crippen molar-refractivity contribution in [1.82, 2.24) is 9.55 Å². The maximum absolute atomic E-state index is 17.0. The molecule has 232 valence electrons. The third-order valence-corrected chi connectivity index (χ3v) is 9.19. The zero-order chi connectivity index (χ0) is 32.3. The molecule has 0 atom stereocenters. The lowest BCUT2D eigenvalue weighted by Crippen LogP contribution is -2.25. The van der Waals surface area contributed by atoms with Crippen LogP contribution in [0.25, 0.3) is 27.6 Å². The number of aromatic nitrogens is 2. The second-order valence-electron chi connectivity index (χ2n) is 13.2. The molecule has 0 spiro atoms. The van der Waals surface area contributed by atoms with Gasteiger partial charge in [0, 0.05) is 39.5 Å². The summed E-state index contributed by atoms with van der Waals surface area (Å²) in [7, 11) is 0. The van der Waals surface area contributed by atoms with Crippen LogP contribution in [-0.2, 0) is 11.3 Å². The van der Waals surface area contributed by atoms with Crippen LogP contribution in [0.5, 0.6) is 0 Å². The molecule has 6 heteroatoms. The molecule has 7 aromatic rings. The SMILES string of the molecule is CC(C)(C)c1cc(N2CN(c3ccccc3)c3ccccc32)cc(C(F)(F)c2ccc3c4ccccc4n(-c4ccccn4)c3c2)c1. The van der Waals surface area contributed by atoms with Gasteiger partial charge in [-0.25, -0.2) is 4.98 Å². The van der Waals surface area contributed by atoms with Gasteiger partial charge in [-0.15, -0.1) is 0 Å². The van der Waals surface area contributed by atoms with Crippen molar-refractivity contribution >= 4 is 44.6 Å². The van der Waals surface area contributed by atoms with Gasteiger partial charge < -0.3 is 9.80 Å². The Morgan fingerprint density at radius 1 is 0.553 bits per heavy atom. The number of hydrogen-bond donors (Lipinski definition) is 0. The first-order valence-corrected chi connectivity index (χ1v) is 15.9. The van der Waals surface area contributed by atoms with Gasteiger partial charge in [-0.05, 0) is 77.7 Å². The first kappa shape index (κ1) is 28.9. The average molecular weight is 621 g/mol. The third kappa shape index (κ3) is 4.83. The number of rotatable bonds is 5. The predicted octanol–water partition coefficient (Wildman–Crippen LogP) is 10.9. The Bertz CT molecular complexity index is 2250. The molecule has 47 heavy (non-hydrogen) atoms. The Labute approximate surface area is 273 Å². The van der Waals surface area contributed by atoms with Gasteiger partial charge in [-0.2, -0.15) is 8.78 Å². The fourth-order valence-corrected chi connectivity index (χ4v) is 6.71. The van der Waals surface area contributed by atoms with E-state index in [0.29, 0.717) is 18.0 Å². The Kier molecular flexibility index (Phi) is 6.65. The van der Waals surface area contributed by atoms with Gasteiger partial charge >= 0.3 is 0 Å². The van der Waals surface area contributed by atoms with Crippen molar-refractivity contribution in [2.75, 3.05) is 16.5 Å². The summed E-state index contributed by atoms with van der Waals surface area (Å²) in [5.41, 5.74) is 5.84. The lowest BCUT2D eigenvalue weighted by atomic mass is 9.84. The molecule has 0 saturated heterocycles. The van der Waals surface area contributed by atoms with E-state index in [2.05, 4.69) is 65.9 Å². The summed E-state index contributed by atoms with van der Waals surface area (Å²) in [6.07, 6.45) is 1.73. The minimum absolute atomic E-state index is 0.0320. The van der Waals surface area contributed by atoms with E-state index in [1.807, 2.05) is 83.4 Å². The number of pyridine rings is 1. The third-order valence-electron chi connectivity index (χ3n) is 9.19.